The summed E-state index contributed by atoms with van der Waals surface area (Å²) >= 11 is 0. The first kappa shape index (κ1) is 24.8. The zero-order chi connectivity index (χ0) is 25.3. The Bertz CT molecular complexity index is 1010. The molecule has 0 aliphatic heterocycles. The molecule has 2 N–H and O–H groups in total. The molecule has 6 rings (SSSR count). The van der Waals surface area contributed by atoms with E-state index in [1.54, 1.807) is 24.8 Å². The fourth-order valence-electron chi connectivity index (χ4n) is 7.41. The summed E-state index contributed by atoms with van der Waals surface area (Å²) in [6.07, 6.45) is 23.5. The SMILES string of the molecule is C[C@@]12CCC[C@@](NC(=O)c3cnccn3)(CC1)C2.C[C@]12CCC[C@](NC(=O)c3cnccn3)(CC1)C2. The van der Waals surface area contributed by atoms with Crippen LogP contribution in [0.2, 0.25) is 0 Å². The van der Waals surface area contributed by atoms with Crippen LogP contribution >= 0.6 is 0 Å². The van der Waals surface area contributed by atoms with Gasteiger partial charge in [-0.05, 0) is 75.0 Å². The molecule has 4 aliphatic carbocycles. The highest BCUT2D eigenvalue weighted by Gasteiger charge is 2.50. The number of aromatic nitrogens is 4. The fourth-order valence-corrected chi connectivity index (χ4v) is 7.41. The van der Waals surface area contributed by atoms with E-state index in [1.165, 1.54) is 50.9 Å². The number of nitrogens with one attached hydrogen (secondary N) is 2. The van der Waals surface area contributed by atoms with E-state index in [4.69, 9.17) is 0 Å². The molecule has 8 heteroatoms. The number of carbonyl (C=O) groups excluding carboxylic acids is 2. The summed E-state index contributed by atoms with van der Waals surface area (Å²) in [6, 6.07) is 0. The zero-order valence-corrected chi connectivity index (χ0v) is 21.6. The summed E-state index contributed by atoms with van der Waals surface area (Å²) in [7, 11) is 0. The van der Waals surface area contributed by atoms with Crippen LogP contribution in [0, 0.1) is 10.8 Å². The van der Waals surface area contributed by atoms with Gasteiger partial charge in [-0.25, -0.2) is 9.97 Å². The molecule has 192 valence electrons. The van der Waals surface area contributed by atoms with Crippen LogP contribution in [-0.4, -0.2) is 42.8 Å². The lowest BCUT2D eigenvalue weighted by atomic mass is 9.74. The molecule has 0 radical (unpaired) electrons. The number of fused-ring (bicyclic) bond motifs is 4. The summed E-state index contributed by atoms with van der Waals surface area (Å²) < 4.78 is 0. The lowest BCUT2D eigenvalue weighted by molar-refractivity contribution is 0.0846. The van der Waals surface area contributed by atoms with Crippen LogP contribution < -0.4 is 10.6 Å². The lowest BCUT2D eigenvalue weighted by Gasteiger charge is -2.38. The maximum atomic E-state index is 12.2. The van der Waals surface area contributed by atoms with Crippen molar-refractivity contribution in [3.63, 3.8) is 0 Å². The van der Waals surface area contributed by atoms with Crippen molar-refractivity contribution in [1.82, 2.24) is 30.6 Å². The lowest BCUT2D eigenvalue weighted by Crippen LogP contribution is -2.49. The third-order valence-corrected chi connectivity index (χ3v) is 9.16. The van der Waals surface area contributed by atoms with Crippen molar-refractivity contribution in [2.24, 2.45) is 10.8 Å². The van der Waals surface area contributed by atoms with Gasteiger partial charge in [0.15, 0.2) is 0 Å². The third kappa shape index (κ3) is 5.27. The van der Waals surface area contributed by atoms with Gasteiger partial charge in [0, 0.05) is 35.9 Å². The van der Waals surface area contributed by atoms with Gasteiger partial charge in [0.25, 0.3) is 11.8 Å². The van der Waals surface area contributed by atoms with Gasteiger partial charge >= 0.3 is 0 Å². The Hall–Kier alpha value is -2.90. The topological polar surface area (TPSA) is 110 Å². The molecule has 0 aromatic carbocycles. The second-order valence-corrected chi connectivity index (χ2v) is 12.3. The molecular formula is C28H38N6O2. The molecule has 4 bridgehead atoms. The Labute approximate surface area is 213 Å². The van der Waals surface area contributed by atoms with Crippen molar-refractivity contribution in [2.45, 2.75) is 102 Å². The number of nitrogens with zero attached hydrogens (tertiary/aromatic N) is 4. The fraction of sp³-hybridized carbons (Fsp3) is 0.643. The predicted octanol–water partition coefficient (Wildman–Crippen LogP) is 4.64. The molecule has 0 saturated heterocycles. The molecule has 4 atom stereocenters. The minimum atomic E-state index is -0.0748. The second-order valence-electron chi connectivity index (χ2n) is 12.3. The number of amides is 2. The smallest absolute Gasteiger partial charge is 0.271 e. The van der Waals surface area contributed by atoms with E-state index >= 15 is 0 Å². The second kappa shape index (κ2) is 9.52. The van der Waals surface area contributed by atoms with Crippen molar-refractivity contribution < 1.29 is 9.59 Å². The van der Waals surface area contributed by atoms with Gasteiger partial charge < -0.3 is 10.6 Å². The number of carbonyl (C=O) groups is 2. The van der Waals surface area contributed by atoms with E-state index in [0.29, 0.717) is 22.2 Å². The van der Waals surface area contributed by atoms with Crippen molar-refractivity contribution in [1.29, 1.82) is 0 Å². The van der Waals surface area contributed by atoms with Crippen molar-refractivity contribution in [3.8, 4) is 0 Å². The molecule has 4 saturated carbocycles. The van der Waals surface area contributed by atoms with Crippen molar-refractivity contribution in [2.75, 3.05) is 0 Å². The summed E-state index contributed by atoms with van der Waals surface area (Å²) in [5, 5.41) is 6.45. The Kier molecular flexibility index (Phi) is 6.55. The van der Waals surface area contributed by atoms with Gasteiger partial charge in [-0.1, -0.05) is 26.7 Å². The van der Waals surface area contributed by atoms with E-state index in [1.807, 2.05) is 0 Å². The quantitative estimate of drug-likeness (QED) is 0.646. The first-order valence-electron chi connectivity index (χ1n) is 13.4. The first-order chi connectivity index (χ1) is 17.2. The summed E-state index contributed by atoms with van der Waals surface area (Å²) in [5.74, 6) is -0.150. The normalized spacial score (nSPS) is 34.3. The van der Waals surface area contributed by atoms with Crippen LogP contribution in [0.5, 0.6) is 0 Å². The summed E-state index contributed by atoms with van der Waals surface area (Å²) in [5.41, 5.74) is 1.75. The molecular weight excluding hydrogens is 452 g/mol. The highest BCUT2D eigenvalue weighted by molar-refractivity contribution is 5.93. The number of hydrogen-bond acceptors (Lipinski definition) is 6. The maximum absolute atomic E-state index is 12.2. The summed E-state index contributed by atoms with van der Waals surface area (Å²) in [4.78, 5) is 40.4. The third-order valence-electron chi connectivity index (χ3n) is 9.16. The predicted molar refractivity (Wildman–Crippen MR) is 136 cm³/mol. The van der Waals surface area contributed by atoms with E-state index in [-0.39, 0.29) is 22.9 Å². The Morgan fingerprint density at radius 3 is 1.47 bits per heavy atom. The summed E-state index contributed by atoms with van der Waals surface area (Å²) in [6.45, 7) is 4.70. The van der Waals surface area contributed by atoms with Gasteiger partial charge in [-0.2, -0.15) is 0 Å². The van der Waals surface area contributed by atoms with Crippen LogP contribution in [0.3, 0.4) is 0 Å². The van der Waals surface area contributed by atoms with Gasteiger partial charge in [0.2, 0.25) is 0 Å². The van der Waals surface area contributed by atoms with Crippen LogP contribution in [-0.2, 0) is 0 Å². The Morgan fingerprint density at radius 2 is 1.08 bits per heavy atom. The zero-order valence-electron chi connectivity index (χ0n) is 21.6. The molecule has 4 fully saturated rings. The van der Waals surface area contributed by atoms with E-state index in [0.717, 1.165) is 38.5 Å². The van der Waals surface area contributed by atoms with Crippen molar-refractivity contribution >= 4 is 11.8 Å². The van der Waals surface area contributed by atoms with E-state index in [2.05, 4.69) is 44.4 Å². The first-order valence-corrected chi connectivity index (χ1v) is 13.4. The number of hydrogen-bond donors (Lipinski definition) is 2. The molecule has 2 aromatic heterocycles. The highest BCUT2D eigenvalue weighted by atomic mass is 16.2. The van der Waals surface area contributed by atoms with Crippen molar-refractivity contribution in [3.05, 3.63) is 48.6 Å². The minimum absolute atomic E-state index is 0.0155. The molecule has 2 aromatic rings. The number of rotatable bonds is 4. The highest BCUT2D eigenvalue weighted by Crippen LogP contribution is 2.54. The van der Waals surface area contributed by atoms with Crippen LogP contribution in [0.25, 0.3) is 0 Å². The largest absolute Gasteiger partial charge is 0.345 e. The molecule has 8 nitrogen and oxygen atoms in total. The standard InChI is InChI=1S/2C14H19N3O/c2*1-13-3-2-4-14(10-13,6-5-13)17-12(18)11-9-15-7-8-16-11/h2*7-9H,2-6,10H2,1H3,(H,17,18)/t2*13-,14-/m10/s1. The average molecular weight is 491 g/mol. The molecule has 2 heterocycles. The van der Waals surface area contributed by atoms with E-state index in [9.17, 15) is 9.59 Å². The van der Waals surface area contributed by atoms with Crippen LogP contribution in [0.1, 0.15) is 112 Å². The molecule has 4 aliphatic rings. The van der Waals surface area contributed by atoms with Crippen LogP contribution in [0.4, 0.5) is 0 Å². The van der Waals surface area contributed by atoms with Gasteiger partial charge in [-0.15, -0.1) is 0 Å². The van der Waals surface area contributed by atoms with Crippen LogP contribution in [0.15, 0.2) is 37.2 Å². The molecule has 0 spiro atoms. The van der Waals surface area contributed by atoms with Gasteiger partial charge in [0.1, 0.15) is 11.4 Å². The monoisotopic (exact) mass is 490 g/mol. The molecule has 36 heavy (non-hydrogen) atoms. The van der Waals surface area contributed by atoms with Gasteiger partial charge in [-0.3, -0.25) is 19.6 Å². The Balaban J connectivity index is 0.000000148. The molecule has 2 amide bonds. The molecule has 0 unspecified atom stereocenters. The minimum Gasteiger partial charge on any atom is -0.345 e. The average Bonchev–Trinajstić information content (AvgIpc) is 3.26. The maximum Gasteiger partial charge on any atom is 0.271 e. The van der Waals surface area contributed by atoms with E-state index < -0.39 is 0 Å². The van der Waals surface area contributed by atoms with Gasteiger partial charge in [0.05, 0.1) is 12.4 Å². The Morgan fingerprint density at radius 1 is 0.639 bits per heavy atom.